The van der Waals surface area contributed by atoms with Gasteiger partial charge in [0.25, 0.3) is 5.88 Å². The predicted octanol–water partition coefficient (Wildman–Crippen LogP) is 2.04. The summed E-state index contributed by atoms with van der Waals surface area (Å²) in [6.45, 7) is 0.373. The molecule has 140 valence electrons. The van der Waals surface area contributed by atoms with Crippen molar-refractivity contribution in [2.24, 2.45) is 16.5 Å². The first-order valence-corrected chi connectivity index (χ1v) is 9.15. The maximum absolute atomic E-state index is 12.3. The number of aromatic nitrogens is 1. The number of piperidine rings is 1. The van der Waals surface area contributed by atoms with Gasteiger partial charge in [-0.05, 0) is 42.7 Å². The lowest BCUT2D eigenvalue weighted by molar-refractivity contribution is -0.154. The standard InChI is InChI=1S/C15H20F3N3O3S/c16-15(17,18)10-24-13-12(2-1-5-20-13)23-9-11-8-14(11)3-6-21(7-4-14)25(19)22/h1-2,5,11H,3-4,6-10,19H2. The van der Waals surface area contributed by atoms with E-state index in [0.29, 0.717) is 25.6 Å². The molecule has 3 rings (SSSR count). The third kappa shape index (κ3) is 4.69. The van der Waals surface area contributed by atoms with E-state index in [4.69, 9.17) is 14.6 Å². The minimum Gasteiger partial charge on any atom is -0.579 e. The van der Waals surface area contributed by atoms with Gasteiger partial charge in [-0.25, -0.2) is 4.98 Å². The number of rotatable bonds is 6. The summed E-state index contributed by atoms with van der Waals surface area (Å²) in [7, 11) is 0. The SMILES string of the molecule is N[S+]([O-])N1CCC2(CC1)CC2COc1cccnc1OCC(F)(F)F. The number of nitrogens with two attached hydrogens (primary N) is 1. The molecule has 0 radical (unpaired) electrons. The Labute approximate surface area is 146 Å². The second-order valence-corrected chi connectivity index (χ2v) is 7.56. The zero-order valence-corrected chi connectivity index (χ0v) is 14.3. The van der Waals surface area contributed by atoms with E-state index in [1.807, 2.05) is 0 Å². The van der Waals surface area contributed by atoms with Crippen molar-refractivity contribution in [2.75, 3.05) is 26.3 Å². The van der Waals surface area contributed by atoms with E-state index in [-0.39, 0.29) is 17.0 Å². The van der Waals surface area contributed by atoms with Crippen LogP contribution in [0.2, 0.25) is 0 Å². The van der Waals surface area contributed by atoms with Gasteiger partial charge in [-0.2, -0.15) is 13.2 Å². The van der Waals surface area contributed by atoms with E-state index in [9.17, 15) is 17.7 Å². The maximum atomic E-state index is 12.3. The lowest BCUT2D eigenvalue weighted by Crippen LogP contribution is -2.43. The quantitative estimate of drug-likeness (QED) is 0.762. The first-order chi connectivity index (χ1) is 11.8. The van der Waals surface area contributed by atoms with Crippen LogP contribution in [-0.2, 0) is 11.5 Å². The molecule has 1 aromatic heterocycles. The zero-order valence-electron chi connectivity index (χ0n) is 13.5. The van der Waals surface area contributed by atoms with Crippen molar-refractivity contribution in [3.63, 3.8) is 0 Å². The van der Waals surface area contributed by atoms with E-state index in [1.54, 1.807) is 16.4 Å². The highest BCUT2D eigenvalue weighted by Gasteiger charge is 2.56. The Balaban J connectivity index is 1.50. The maximum Gasteiger partial charge on any atom is 0.422 e. The van der Waals surface area contributed by atoms with Gasteiger partial charge in [-0.15, -0.1) is 9.44 Å². The molecule has 2 fully saturated rings. The van der Waals surface area contributed by atoms with Crippen molar-refractivity contribution in [3.05, 3.63) is 18.3 Å². The van der Waals surface area contributed by atoms with Crippen LogP contribution in [0.3, 0.4) is 0 Å². The molecule has 10 heteroatoms. The molecule has 1 saturated heterocycles. The predicted molar refractivity (Wildman–Crippen MR) is 85.0 cm³/mol. The highest BCUT2D eigenvalue weighted by atomic mass is 32.2. The van der Waals surface area contributed by atoms with Gasteiger partial charge < -0.3 is 14.0 Å². The van der Waals surface area contributed by atoms with Crippen molar-refractivity contribution in [2.45, 2.75) is 25.4 Å². The van der Waals surface area contributed by atoms with Gasteiger partial charge in [0.2, 0.25) is 0 Å². The molecule has 0 amide bonds. The van der Waals surface area contributed by atoms with Gasteiger partial charge in [-0.3, -0.25) is 0 Å². The summed E-state index contributed by atoms with van der Waals surface area (Å²) < 4.78 is 60.3. The molecule has 2 unspecified atom stereocenters. The summed E-state index contributed by atoms with van der Waals surface area (Å²) >= 11 is -1.43. The summed E-state index contributed by atoms with van der Waals surface area (Å²) in [6.07, 6.45) is -0.272. The number of alkyl halides is 3. The fourth-order valence-corrected chi connectivity index (χ4v) is 3.87. The van der Waals surface area contributed by atoms with Crippen LogP contribution in [0.1, 0.15) is 19.3 Å². The average Bonchev–Trinajstić information content (AvgIpc) is 3.23. The van der Waals surface area contributed by atoms with Gasteiger partial charge in [0.05, 0.1) is 6.61 Å². The van der Waals surface area contributed by atoms with Crippen molar-refractivity contribution in [1.82, 2.24) is 9.29 Å². The Kier molecular flexibility index (Phi) is 5.33. The van der Waals surface area contributed by atoms with Crippen LogP contribution in [0.4, 0.5) is 13.2 Å². The molecule has 2 atom stereocenters. The summed E-state index contributed by atoms with van der Waals surface area (Å²) in [5, 5.41) is 5.39. The van der Waals surface area contributed by atoms with Crippen LogP contribution < -0.4 is 14.6 Å². The number of hydrogen-bond donors (Lipinski definition) is 1. The lowest BCUT2D eigenvalue weighted by atomic mass is 9.92. The third-order valence-electron chi connectivity index (χ3n) is 4.88. The highest BCUT2D eigenvalue weighted by molar-refractivity contribution is 7.86. The molecule has 1 saturated carbocycles. The van der Waals surface area contributed by atoms with Crippen LogP contribution in [0.25, 0.3) is 0 Å². The molecule has 6 nitrogen and oxygen atoms in total. The largest absolute Gasteiger partial charge is 0.579 e. The monoisotopic (exact) mass is 379 g/mol. The summed E-state index contributed by atoms with van der Waals surface area (Å²) in [5.74, 6) is 0.397. The molecule has 2 heterocycles. The molecule has 25 heavy (non-hydrogen) atoms. The molecule has 0 aromatic carbocycles. The molecule has 2 N–H and O–H groups in total. The summed E-state index contributed by atoms with van der Waals surface area (Å²) in [4.78, 5) is 3.81. The smallest absolute Gasteiger partial charge is 0.422 e. The normalized spacial score (nSPS) is 24.1. The van der Waals surface area contributed by atoms with Gasteiger partial charge in [-0.1, -0.05) is 0 Å². The minimum atomic E-state index is -4.42. The first kappa shape index (κ1) is 18.6. The van der Waals surface area contributed by atoms with E-state index >= 15 is 0 Å². The number of pyridine rings is 1. The fourth-order valence-electron chi connectivity index (χ4n) is 3.33. The molecule has 2 aliphatic rings. The van der Waals surface area contributed by atoms with E-state index in [1.165, 1.54) is 6.20 Å². The Hall–Kier alpha value is -1.23. The second kappa shape index (κ2) is 7.18. The van der Waals surface area contributed by atoms with Gasteiger partial charge in [0.1, 0.15) is 11.5 Å². The highest BCUT2D eigenvalue weighted by Crippen LogP contribution is 2.59. The average molecular weight is 379 g/mol. The van der Waals surface area contributed by atoms with E-state index in [2.05, 4.69) is 4.98 Å². The summed E-state index contributed by atoms with van der Waals surface area (Å²) in [5.41, 5.74) is 0.172. The van der Waals surface area contributed by atoms with Gasteiger partial charge in [0, 0.05) is 19.3 Å². The summed E-state index contributed by atoms with van der Waals surface area (Å²) in [6, 6.07) is 3.14. The Bertz CT molecular complexity index is 595. The molecule has 0 bridgehead atoms. The first-order valence-electron chi connectivity index (χ1n) is 7.98. The van der Waals surface area contributed by atoms with E-state index < -0.39 is 24.3 Å². The molecular formula is C15H20F3N3O3S. The van der Waals surface area contributed by atoms with Crippen LogP contribution >= 0.6 is 0 Å². The second-order valence-electron chi connectivity index (χ2n) is 6.49. The third-order valence-corrected chi connectivity index (χ3v) is 5.75. The van der Waals surface area contributed by atoms with Gasteiger partial charge in [0.15, 0.2) is 12.4 Å². The van der Waals surface area contributed by atoms with Crippen molar-refractivity contribution in [3.8, 4) is 11.6 Å². The number of nitrogens with zero attached hydrogens (tertiary/aromatic N) is 2. The lowest BCUT2D eigenvalue weighted by Gasteiger charge is -2.30. The number of halogens is 3. The molecule has 1 aromatic rings. The molecule has 1 aliphatic heterocycles. The fraction of sp³-hybridized carbons (Fsp3) is 0.667. The van der Waals surface area contributed by atoms with Crippen LogP contribution in [0.15, 0.2) is 18.3 Å². The van der Waals surface area contributed by atoms with Gasteiger partial charge >= 0.3 is 6.18 Å². The number of ether oxygens (including phenoxy) is 2. The minimum absolute atomic E-state index is 0.150. The Morgan fingerprint density at radius 2 is 2.08 bits per heavy atom. The molecular weight excluding hydrogens is 359 g/mol. The van der Waals surface area contributed by atoms with Crippen molar-refractivity contribution >= 4 is 11.5 Å². The number of hydrogen-bond acceptors (Lipinski definition) is 6. The Morgan fingerprint density at radius 1 is 1.36 bits per heavy atom. The topological polar surface area (TPSA) is 83.7 Å². The molecule has 1 spiro atoms. The van der Waals surface area contributed by atoms with Crippen LogP contribution in [0, 0.1) is 11.3 Å². The van der Waals surface area contributed by atoms with Crippen molar-refractivity contribution < 1.29 is 27.2 Å². The van der Waals surface area contributed by atoms with Crippen LogP contribution in [0.5, 0.6) is 11.6 Å². The van der Waals surface area contributed by atoms with Crippen molar-refractivity contribution in [1.29, 1.82) is 0 Å². The van der Waals surface area contributed by atoms with E-state index in [0.717, 1.165) is 19.3 Å². The van der Waals surface area contributed by atoms with Crippen LogP contribution in [-0.4, -0.2) is 46.3 Å². The molecule has 1 aliphatic carbocycles. The Morgan fingerprint density at radius 3 is 2.72 bits per heavy atom. The zero-order chi connectivity index (χ0) is 18.1.